The third-order valence-corrected chi connectivity index (χ3v) is 4.52. The molecule has 1 aliphatic rings. The number of nitrogens with two attached hydrogens (primary N) is 1. The smallest absolute Gasteiger partial charge is 0.340 e. The summed E-state index contributed by atoms with van der Waals surface area (Å²) < 4.78 is 18.5. The van der Waals surface area contributed by atoms with Crippen molar-refractivity contribution in [2.24, 2.45) is 5.92 Å². The zero-order valence-corrected chi connectivity index (χ0v) is 12.3. The summed E-state index contributed by atoms with van der Waals surface area (Å²) in [4.78, 5) is 11.5. The molecule has 1 aliphatic heterocycles. The maximum absolute atomic E-state index is 13.9. The van der Waals surface area contributed by atoms with Crippen LogP contribution in [-0.2, 0) is 4.74 Å². The van der Waals surface area contributed by atoms with Gasteiger partial charge in [0.15, 0.2) is 0 Å². The van der Waals surface area contributed by atoms with Crippen LogP contribution in [0.2, 0.25) is 0 Å². The summed E-state index contributed by atoms with van der Waals surface area (Å²) in [5.74, 6) is 1.86. The number of thioether (sulfide) groups is 1. The molecular formula is C14H19FN2O2S. The second kappa shape index (κ2) is 6.83. The largest absolute Gasteiger partial charge is 0.465 e. The number of hydrogen-bond donors (Lipinski definition) is 2. The minimum Gasteiger partial charge on any atom is -0.465 e. The highest BCUT2D eigenvalue weighted by Gasteiger charge is 2.17. The topological polar surface area (TPSA) is 64.3 Å². The Bertz CT molecular complexity index is 490. The van der Waals surface area contributed by atoms with Gasteiger partial charge in [-0.25, -0.2) is 9.18 Å². The first-order valence-corrected chi connectivity index (χ1v) is 7.76. The van der Waals surface area contributed by atoms with Gasteiger partial charge in [-0.3, -0.25) is 0 Å². The fraction of sp³-hybridized carbons (Fsp3) is 0.500. The Kier molecular flexibility index (Phi) is 5.11. The van der Waals surface area contributed by atoms with Crippen LogP contribution in [0.3, 0.4) is 0 Å². The van der Waals surface area contributed by atoms with Crippen LogP contribution < -0.4 is 11.1 Å². The fourth-order valence-corrected chi connectivity index (χ4v) is 3.42. The van der Waals surface area contributed by atoms with E-state index in [4.69, 9.17) is 5.73 Å². The van der Waals surface area contributed by atoms with E-state index in [0.717, 1.165) is 30.4 Å². The van der Waals surface area contributed by atoms with Crippen LogP contribution >= 0.6 is 11.8 Å². The quantitative estimate of drug-likeness (QED) is 0.661. The number of rotatable bonds is 4. The van der Waals surface area contributed by atoms with Crippen molar-refractivity contribution in [1.82, 2.24) is 0 Å². The van der Waals surface area contributed by atoms with Crippen LogP contribution in [0.15, 0.2) is 12.1 Å². The molecule has 4 nitrogen and oxygen atoms in total. The number of ether oxygens (including phenoxy) is 1. The molecule has 0 radical (unpaired) electrons. The Labute approximate surface area is 122 Å². The highest BCUT2D eigenvalue weighted by molar-refractivity contribution is 7.99. The molecule has 20 heavy (non-hydrogen) atoms. The zero-order valence-electron chi connectivity index (χ0n) is 11.4. The number of halogens is 1. The van der Waals surface area contributed by atoms with Gasteiger partial charge in [-0.05, 0) is 42.4 Å². The molecule has 0 saturated carbocycles. The molecule has 1 aromatic carbocycles. The van der Waals surface area contributed by atoms with Crippen LogP contribution in [0.5, 0.6) is 0 Å². The number of hydrogen-bond acceptors (Lipinski definition) is 5. The molecule has 6 heteroatoms. The van der Waals surface area contributed by atoms with Gasteiger partial charge in [0.1, 0.15) is 5.82 Å². The van der Waals surface area contributed by atoms with Gasteiger partial charge in [0.25, 0.3) is 0 Å². The minimum absolute atomic E-state index is 0.0916. The molecule has 3 N–H and O–H groups in total. The lowest BCUT2D eigenvalue weighted by atomic mass is 10.0. The molecule has 2 rings (SSSR count). The van der Waals surface area contributed by atoms with E-state index in [1.807, 2.05) is 11.8 Å². The molecule has 0 atom stereocenters. The Balaban J connectivity index is 2.08. The lowest BCUT2D eigenvalue weighted by Gasteiger charge is -2.22. The summed E-state index contributed by atoms with van der Waals surface area (Å²) >= 11 is 1.96. The molecule has 0 spiro atoms. The summed E-state index contributed by atoms with van der Waals surface area (Å²) in [7, 11) is 1.28. The van der Waals surface area contributed by atoms with Gasteiger partial charge < -0.3 is 15.8 Å². The fourth-order valence-electron chi connectivity index (χ4n) is 2.22. The predicted octanol–water partition coefficient (Wildman–Crippen LogP) is 2.75. The normalized spacial score (nSPS) is 15.9. The van der Waals surface area contributed by atoms with E-state index < -0.39 is 11.8 Å². The molecule has 0 aliphatic carbocycles. The molecule has 0 aromatic heterocycles. The van der Waals surface area contributed by atoms with Crippen molar-refractivity contribution in [3.63, 3.8) is 0 Å². The second-order valence-corrected chi connectivity index (χ2v) is 6.07. The maximum atomic E-state index is 13.9. The van der Waals surface area contributed by atoms with E-state index in [-0.39, 0.29) is 11.3 Å². The van der Waals surface area contributed by atoms with Crippen molar-refractivity contribution in [1.29, 1.82) is 0 Å². The standard InChI is InChI=1S/C14H19FN2O2S/c1-19-14(18)10-6-13(11(15)7-12(10)16)17-8-9-2-4-20-5-3-9/h6-7,9,17H,2-5,8,16H2,1H3. The second-order valence-electron chi connectivity index (χ2n) is 4.85. The average Bonchev–Trinajstić information content (AvgIpc) is 2.46. The van der Waals surface area contributed by atoms with Crippen molar-refractivity contribution in [2.45, 2.75) is 12.8 Å². The van der Waals surface area contributed by atoms with Crippen molar-refractivity contribution in [3.05, 3.63) is 23.5 Å². The van der Waals surface area contributed by atoms with E-state index >= 15 is 0 Å². The highest BCUT2D eigenvalue weighted by atomic mass is 32.2. The first-order chi connectivity index (χ1) is 9.61. The molecule has 0 bridgehead atoms. The lowest BCUT2D eigenvalue weighted by molar-refractivity contribution is 0.0602. The first-order valence-electron chi connectivity index (χ1n) is 6.60. The summed E-state index contributed by atoms with van der Waals surface area (Å²) in [6, 6.07) is 2.58. The number of carbonyl (C=O) groups excluding carboxylic acids is 1. The van der Waals surface area contributed by atoms with Crippen LogP contribution in [0.4, 0.5) is 15.8 Å². The number of anilines is 2. The molecule has 1 heterocycles. The zero-order chi connectivity index (χ0) is 14.5. The van der Waals surface area contributed by atoms with E-state index in [0.29, 0.717) is 18.2 Å². The molecule has 1 saturated heterocycles. The highest BCUT2D eigenvalue weighted by Crippen LogP contribution is 2.26. The minimum atomic E-state index is -0.556. The Morgan fingerprint density at radius 3 is 2.85 bits per heavy atom. The van der Waals surface area contributed by atoms with Gasteiger partial charge >= 0.3 is 5.97 Å². The van der Waals surface area contributed by atoms with Crippen molar-refractivity contribution in [3.8, 4) is 0 Å². The van der Waals surface area contributed by atoms with Gasteiger partial charge in [-0.1, -0.05) is 0 Å². The van der Waals surface area contributed by atoms with Gasteiger partial charge in [0.05, 0.1) is 18.4 Å². The van der Waals surface area contributed by atoms with Gasteiger partial charge in [-0.2, -0.15) is 11.8 Å². The average molecular weight is 298 g/mol. The molecule has 0 unspecified atom stereocenters. The van der Waals surface area contributed by atoms with Crippen LogP contribution in [0.1, 0.15) is 23.2 Å². The molecule has 1 aromatic rings. The molecule has 0 amide bonds. The van der Waals surface area contributed by atoms with Crippen molar-refractivity contribution >= 4 is 29.1 Å². The number of nitrogens with one attached hydrogen (secondary N) is 1. The Hall–Kier alpha value is -1.43. The van der Waals surface area contributed by atoms with Gasteiger partial charge in [0.2, 0.25) is 0 Å². The van der Waals surface area contributed by atoms with Gasteiger partial charge in [-0.15, -0.1) is 0 Å². The van der Waals surface area contributed by atoms with Crippen molar-refractivity contribution < 1.29 is 13.9 Å². The number of benzene rings is 1. The number of nitrogen functional groups attached to an aromatic ring is 1. The third-order valence-electron chi connectivity index (χ3n) is 3.47. The van der Waals surface area contributed by atoms with E-state index in [9.17, 15) is 9.18 Å². The third kappa shape index (κ3) is 3.56. The summed E-state index contributed by atoms with van der Waals surface area (Å²) in [5.41, 5.74) is 6.22. The van der Waals surface area contributed by atoms with Crippen LogP contribution in [0.25, 0.3) is 0 Å². The van der Waals surface area contributed by atoms with Crippen molar-refractivity contribution in [2.75, 3.05) is 36.2 Å². The SMILES string of the molecule is COC(=O)c1cc(NCC2CCSCC2)c(F)cc1N. The summed E-state index contributed by atoms with van der Waals surface area (Å²) in [6.07, 6.45) is 2.27. The van der Waals surface area contributed by atoms with E-state index in [1.165, 1.54) is 13.2 Å². The Morgan fingerprint density at radius 2 is 2.20 bits per heavy atom. The van der Waals surface area contributed by atoms with E-state index in [1.54, 1.807) is 0 Å². The predicted molar refractivity (Wildman–Crippen MR) is 80.7 cm³/mol. The number of esters is 1. The molecule has 1 fully saturated rings. The Morgan fingerprint density at radius 1 is 1.50 bits per heavy atom. The summed E-state index contributed by atoms with van der Waals surface area (Å²) in [5, 5.41) is 3.08. The lowest BCUT2D eigenvalue weighted by Crippen LogP contribution is -2.20. The molecule has 110 valence electrons. The number of methoxy groups -OCH3 is 1. The molecular weight excluding hydrogens is 279 g/mol. The van der Waals surface area contributed by atoms with E-state index in [2.05, 4.69) is 10.1 Å². The van der Waals surface area contributed by atoms with Crippen LogP contribution in [0, 0.1) is 11.7 Å². The first kappa shape index (κ1) is 15.0. The monoisotopic (exact) mass is 298 g/mol. The summed E-state index contributed by atoms with van der Waals surface area (Å²) in [6.45, 7) is 0.710. The maximum Gasteiger partial charge on any atom is 0.340 e. The number of carbonyl (C=O) groups is 1. The van der Waals surface area contributed by atoms with Crippen LogP contribution in [-0.4, -0.2) is 31.1 Å². The van der Waals surface area contributed by atoms with Gasteiger partial charge in [0, 0.05) is 12.2 Å².